The fraction of sp³-hybridized carbons (Fsp3) is 0.444. The summed E-state index contributed by atoms with van der Waals surface area (Å²) in [6.45, 7) is 2.34. The third-order valence-electron chi connectivity index (χ3n) is 5.08. The zero-order valence-electron chi connectivity index (χ0n) is 12.3. The Hall–Kier alpha value is -1.42. The largest absolute Gasteiger partial charge is 0.317 e. The lowest BCUT2D eigenvalue weighted by Crippen LogP contribution is -2.41. The van der Waals surface area contributed by atoms with E-state index in [2.05, 4.69) is 58.6 Å². The lowest BCUT2D eigenvalue weighted by atomic mass is 9.86. The number of benzene rings is 2. The van der Waals surface area contributed by atoms with E-state index in [1.165, 1.54) is 48.7 Å². The second-order valence-corrected chi connectivity index (χ2v) is 6.34. The molecule has 4 rings (SSSR count). The molecule has 2 saturated heterocycles. The molecule has 0 aromatic heterocycles. The van der Waals surface area contributed by atoms with Crippen molar-refractivity contribution in [1.29, 1.82) is 0 Å². The van der Waals surface area contributed by atoms with Crippen LogP contribution in [0.5, 0.6) is 0 Å². The first-order valence-corrected chi connectivity index (χ1v) is 8.11. The minimum Gasteiger partial charge on any atom is -0.317 e. The van der Waals surface area contributed by atoms with Gasteiger partial charge in [-0.2, -0.15) is 0 Å². The minimum absolute atomic E-state index is 0.427. The zero-order chi connectivity index (χ0) is 14.1. The molecule has 2 aliphatic rings. The van der Waals surface area contributed by atoms with Crippen molar-refractivity contribution in [3.63, 3.8) is 0 Å². The Bertz CT molecular complexity index is 613. The van der Waals surface area contributed by atoms with Crippen LogP contribution >= 0.6 is 0 Å². The van der Waals surface area contributed by atoms with Gasteiger partial charge in [-0.1, -0.05) is 42.5 Å². The summed E-state index contributed by atoms with van der Waals surface area (Å²) >= 11 is 0. The average Bonchev–Trinajstić information content (AvgIpc) is 3.05. The van der Waals surface area contributed by atoms with Gasteiger partial charge in [-0.3, -0.25) is 5.43 Å². The maximum absolute atomic E-state index is 3.56. The third kappa shape index (κ3) is 2.57. The highest BCUT2D eigenvalue weighted by Gasteiger charge is 2.32. The van der Waals surface area contributed by atoms with Gasteiger partial charge in [0.25, 0.3) is 0 Å². The molecule has 3 N–H and O–H groups in total. The first-order valence-electron chi connectivity index (χ1n) is 8.11. The second kappa shape index (κ2) is 5.76. The van der Waals surface area contributed by atoms with Gasteiger partial charge in [0.15, 0.2) is 0 Å². The van der Waals surface area contributed by atoms with E-state index in [1.807, 2.05) is 0 Å². The van der Waals surface area contributed by atoms with Crippen LogP contribution in [0.15, 0.2) is 42.5 Å². The number of piperidine rings is 1. The molecule has 2 aromatic rings. The molecule has 0 radical (unpaired) electrons. The Morgan fingerprint density at radius 1 is 0.857 bits per heavy atom. The van der Waals surface area contributed by atoms with Gasteiger partial charge in [0.2, 0.25) is 0 Å². The highest BCUT2D eigenvalue weighted by Crippen LogP contribution is 2.32. The maximum atomic E-state index is 3.56. The SMILES string of the molecule is c1ccc2c(C3CC(C4CCNCC4)NN3)cccc2c1. The summed E-state index contributed by atoms with van der Waals surface area (Å²) < 4.78 is 0. The number of fused-ring (bicyclic) bond motifs is 1. The quantitative estimate of drug-likeness (QED) is 0.792. The van der Waals surface area contributed by atoms with Crippen molar-refractivity contribution in [1.82, 2.24) is 16.2 Å². The second-order valence-electron chi connectivity index (χ2n) is 6.34. The molecule has 2 aromatic carbocycles. The summed E-state index contributed by atoms with van der Waals surface area (Å²) in [4.78, 5) is 0. The monoisotopic (exact) mass is 281 g/mol. The Kier molecular flexibility index (Phi) is 3.63. The van der Waals surface area contributed by atoms with Crippen molar-refractivity contribution in [3.05, 3.63) is 48.0 Å². The number of hydrogen-bond donors (Lipinski definition) is 3. The Balaban J connectivity index is 1.56. The first kappa shape index (κ1) is 13.3. The van der Waals surface area contributed by atoms with E-state index in [9.17, 15) is 0 Å². The standard InChI is InChI=1S/C18H23N3/c1-2-6-15-13(4-1)5-3-7-16(15)18-12-17(20-21-18)14-8-10-19-11-9-14/h1-7,14,17-21H,8-12H2. The Morgan fingerprint density at radius 3 is 2.57 bits per heavy atom. The molecule has 3 heteroatoms. The van der Waals surface area contributed by atoms with E-state index < -0.39 is 0 Å². The van der Waals surface area contributed by atoms with Crippen molar-refractivity contribution in [3.8, 4) is 0 Å². The average molecular weight is 281 g/mol. The van der Waals surface area contributed by atoms with Gasteiger partial charge in [-0.25, -0.2) is 5.43 Å². The minimum atomic E-state index is 0.427. The molecule has 0 saturated carbocycles. The van der Waals surface area contributed by atoms with Gasteiger partial charge >= 0.3 is 0 Å². The third-order valence-corrected chi connectivity index (χ3v) is 5.08. The van der Waals surface area contributed by atoms with E-state index in [4.69, 9.17) is 0 Å². The van der Waals surface area contributed by atoms with E-state index in [-0.39, 0.29) is 0 Å². The van der Waals surface area contributed by atoms with Crippen LogP contribution in [-0.4, -0.2) is 19.1 Å². The maximum Gasteiger partial charge on any atom is 0.0484 e. The molecule has 2 unspecified atom stereocenters. The highest BCUT2D eigenvalue weighted by atomic mass is 15.4. The number of hydrogen-bond acceptors (Lipinski definition) is 3. The van der Waals surface area contributed by atoms with Gasteiger partial charge in [0.1, 0.15) is 0 Å². The normalized spacial score (nSPS) is 27.2. The van der Waals surface area contributed by atoms with E-state index in [1.54, 1.807) is 0 Å². The summed E-state index contributed by atoms with van der Waals surface area (Å²) in [6.07, 6.45) is 3.78. The Morgan fingerprint density at radius 2 is 1.67 bits per heavy atom. The van der Waals surface area contributed by atoms with Gasteiger partial charge in [-0.05, 0) is 54.6 Å². The molecular formula is C18H23N3. The number of rotatable bonds is 2. The van der Waals surface area contributed by atoms with Crippen LogP contribution in [0, 0.1) is 5.92 Å². The number of hydrazine groups is 1. The van der Waals surface area contributed by atoms with Gasteiger partial charge in [0.05, 0.1) is 0 Å². The molecule has 21 heavy (non-hydrogen) atoms. The smallest absolute Gasteiger partial charge is 0.0484 e. The molecule has 0 aliphatic carbocycles. The van der Waals surface area contributed by atoms with Crippen molar-refractivity contribution >= 4 is 10.8 Å². The van der Waals surface area contributed by atoms with Crippen LogP contribution in [0.2, 0.25) is 0 Å². The predicted molar refractivity (Wildman–Crippen MR) is 87.0 cm³/mol. The summed E-state index contributed by atoms with van der Waals surface area (Å²) in [5, 5.41) is 6.17. The topological polar surface area (TPSA) is 36.1 Å². The van der Waals surface area contributed by atoms with E-state index in [0.717, 1.165) is 5.92 Å². The van der Waals surface area contributed by atoms with Crippen LogP contribution in [0.1, 0.15) is 30.9 Å². The predicted octanol–water partition coefficient (Wildman–Crippen LogP) is 2.75. The van der Waals surface area contributed by atoms with Crippen molar-refractivity contribution in [2.75, 3.05) is 13.1 Å². The molecule has 0 spiro atoms. The molecule has 2 fully saturated rings. The van der Waals surface area contributed by atoms with Crippen LogP contribution in [-0.2, 0) is 0 Å². The summed E-state index contributed by atoms with van der Waals surface area (Å²) in [5.41, 5.74) is 8.53. The van der Waals surface area contributed by atoms with Crippen molar-refractivity contribution in [2.24, 2.45) is 5.92 Å². The van der Waals surface area contributed by atoms with Gasteiger partial charge in [0, 0.05) is 12.1 Å². The van der Waals surface area contributed by atoms with E-state index >= 15 is 0 Å². The summed E-state index contributed by atoms with van der Waals surface area (Å²) in [7, 11) is 0. The van der Waals surface area contributed by atoms with Gasteiger partial charge < -0.3 is 5.32 Å². The first-order chi connectivity index (χ1) is 10.4. The van der Waals surface area contributed by atoms with Crippen LogP contribution in [0.25, 0.3) is 10.8 Å². The summed E-state index contributed by atoms with van der Waals surface area (Å²) in [6, 6.07) is 16.4. The fourth-order valence-corrected chi connectivity index (χ4v) is 3.90. The molecule has 0 amide bonds. The lowest BCUT2D eigenvalue weighted by Gasteiger charge is -2.27. The van der Waals surface area contributed by atoms with Crippen molar-refractivity contribution in [2.45, 2.75) is 31.3 Å². The van der Waals surface area contributed by atoms with E-state index in [0.29, 0.717) is 12.1 Å². The van der Waals surface area contributed by atoms with Crippen LogP contribution in [0.4, 0.5) is 0 Å². The molecule has 110 valence electrons. The number of nitrogens with one attached hydrogen (secondary N) is 3. The lowest BCUT2D eigenvalue weighted by molar-refractivity contribution is 0.293. The molecule has 2 heterocycles. The highest BCUT2D eigenvalue weighted by molar-refractivity contribution is 5.86. The molecule has 0 bridgehead atoms. The zero-order valence-corrected chi connectivity index (χ0v) is 12.3. The molecule has 2 atom stereocenters. The fourth-order valence-electron chi connectivity index (χ4n) is 3.90. The van der Waals surface area contributed by atoms with Gasteiger partial charge in [-0.15, -0.1) is 0 Å². The van der Waals surface area contributed by atoms with Crippen molar-refractivity contribution < 1.29 is 0 Å². The molecule has 3 nitrogen and oxygen atoms in total. The summed E-state index contributed by atoms with van der Waals surface area (Å²) in [5.74, 6) is 0.804. The van der Waals surface area contributed by atoms with Crippen LogP contribution < -0.4 is 16.2 Å². The molecular weight excluding hydrogens is 258 g/mol. The Labute approximate surface area is 126 Å². The van der Waals surface area contributed by atoms with Crippen LogP contribution in [0.3, 0.4) is 0 Å². The molecule has 2 aliphatic heterocycles.